The topological polar surface area (TPSA) is 57.2 Å². The Hall–Kier alpha value is -2.23. The first-order valence-corrected chi connectivity index (χ1v) is 7.35. The van der Waals surface area contributed by atoms with Crippen molar-refractivity contribution in [3.63, 3.8) is 0 Å². The van der Waals surface area contributed by atoms with Gasteiger partial charge in [-0.15, -0.1) is 0 Å². The number of hydrogen-bond acceptors (Lipinski definition) is 3. The van der Waals surface area contributed by atoms with Gasteiger partial charge in [0.25, 0.3) is 5.56 Å². The van der Waals surface area contributed by atoms with Gasteiger partial charge in [0.15, 0.2) is 0 Å². The van der Waals surface area contributed by atoms with E-state index in [0.29, 0.717) is 5.69 Å². The Bertz CT molecular complexity index is 715. The molecule has 0 aliphatic heterocycles. The summed E-state index contributed by atoms with van der Waals surface area (Å²) < 4.78 is 7.70. The third-order valence-corrected chi connectivity index (χ3v) is 3.58. The van der Waals surface area contributed by atoms with Gasteiger partial charge in [-0.05, 0) is 51.0 Å². The highest BCUT2D eigenvalue weighted by Crippen LogP contribution is 2.39. The summed E-state index contributed by atoms with van der Waals surface area (Å²) in [6.07, 6.45) is 2.15. The van der Waals surface area contributed by atoms with E-state index in [4.69, 9.17) is 10.5 Å². The second kappa shape index (κ2) is 5.28. The number of para-hydroxylation sites is 1. The molecule has 1 aliphatic carbocycles. The highest BCUT2D eigenvalue weighted by Gasteiger charge is 2.28. The van der Waals surface area contributed by atoms with Gasteiger partial charge in [-0.25, -0.2) is 0 Å². The second-order valence-electron chi connectivity index (χ2n) is 5.74. The fourth-order valence-electron chi connectivity index (χ4n) is 2.52. The molecular weight excluding hydrogens is 264 g/mol. The number of nitrogens with zero attached hydrogens (tertiary/aromatic N) is 1. The third-order valence-electron chi connectivity index (χ3n) is 3.58. The van der Waals surface area contributed by atoms with Crippen molar-refractivity contribution in [2.45, 2.75) is 38.8 Å². The average molecular weight is 284 g/mol. The molecule has 1 aromatic carbocycles. The molecule has 0 radical (unpaired) electrons. The summed E-state index contributed by atoms with van der Waals surface area (Å²) in [5.74, 6) is 0.797. The van der Waals surface area contributed by atoms with Crippen LogP contribution in [-0.2, 0) is 0 Å². The van der Waals surface area contributed by atoms with E-state index in [1.165, 1.54) is 0 Å². The van der Waals surface area contributed by atoms with E-state index >= 15 is 0 Å². The van der Waals surface area contributed by atoms with Gasteiger partial charge in [-0.3, -0.25) is 4.79 Å². The van der Waals surface area contributed by atoms with Crippen LogP contribution in [0.4, 0.5) is 5.69 Å². The summed E-state index contributed by atoms with van der Waals surface area (Å²) in [6, 6.07) is 11.7. The number of ether oxygens (including phenoxy) is 1. The SMILES string of the molecule is CC(C)Oc1ccccc1-c1ccc(N)c(=O)n1C1CC1. The minimum Gasteiger partial charge on any atom is -0.490 e. The van der Waals surface area contributed by atoms with Gasteiger partial charge in [0, 0.05) is 11.6 Å². The van der Waals surface area contributed by atoms with Crippen LogP contribution in [0.5, 0.6) is 5.75 Å². The fraction of sp³-hybridized carbons (Fsp3) is 0.353. The van der Waals surface area contributed by atoms with E-state index in [1.807, 2.05) is 48.7 Å². The van der Waals surface area contributed by atoms with Crippen LogP contribution in [0, 0.1) is 0 Å². The zero-order valence-electron chi connectivity index (χ0n) is 12.4. The molecule has 0 spiro atoms. The summed E-state index contributed by atoms with van der Waals surface area (Å²) >= 11 is 0. The molecule has 2 N–H and O–H groups in total. The van der Waals surface area contributed by atoms with E-state index in [9.17, 15) is 4.79 Å². The normalized spacial score (nSPS) is 14.4. The zero-order chi connectivity index (χ0) is 15.0. The van der Waals surface area contributed by atoms with Crippen molar-refractivity contribution in [1.29, 1.82) is 0 Å². The maximum absolute atomic E-state index is 12.4. The van der Waals surface area contributed by atoms with Crippen molar-refractivity contribution in [2.75, 3.05) is 5.73 Å². The van der Waals surface area contributed by atoms with E-state index in [2.05, 4.69) is 0 Å². The average Bonchev–Trinajstić information content (AvgIpc) is 3.26. The van der Waals surface area contributed by atoms with Crippen LogP contribution in [0.15, 0.2) is 41.2 Å². The van der Waals surface area contributed by atoms with Crippen molar-refractivity contribution in [1.82, 2.24) is 4.57 Å². The van der Waals surface area contributed by atoms with Crippen LogP contribution < -0.4 is 16.0 Å². The third kappa shape index (κ3) is 2.66. The molecule has 0 unspecified atom stereocenters. The predicted octanol–water partition coefficient (Wildman–Crippen LogP) is 3.22. The lowest BCUT2D eigenvalue weighted by molar-refractivity contribution is 0.243. The van der Waals surface area contributed by atoms with Gasteiger partial charge < -0.3 is 15.0 Å². The Labute approximate surface area is 124 Å². The smallest absolute Gasteiger partial charge is 0.274 e. The van der Waals surface area contributed by atoms with Crippen molar-refractivity contribution in [3.05, 3.63) is 46.8 Å². The molecule has 110 valence electrons. The number of nitrogens with two attached hydrogens (primary N) is 1. The van der Waals surface area contributed by atoms with Gasteiger partial charge in [-0.1, -0.05) is 12.1 Å². The molecule has 0 saturated heterocycles. The quantitative estimate of drug-likeness (QED) is 0.937. The fourth-order valence-corrected chi connectivity index (χ4v) is 2.52. The van der Waals surface area contributed by atoms with Gasteiger partial charge in [-0.2, -0.15) is 0 Å². The van der Waals surface area contributed by atoms with Crippen molar-refractivity contribution < 1.29 is 4.74 Å². The first-order valence-electron chi connectivity index (χ1n) is 7.35. The molecule has 0 amide bonds. The maximum Gasteiger partial charge on any atom is 0.274 e. The molecule has 1 aliphatic rings. The van der Waals surface area contributed by atoms with Gasteiger partial charge in [0.05, 0.1) is 17.5 Å². The van der Waals surface area contributed by atoms with E-state index in [0.717, 1.165) is 29.8 Å². The zero-order valence-corrected chi connectivity index (χ0v) is 12.4. The first kappa shape index (κ1) is 13.7. The Kier molecular flexibility index (Phi) is 3.45. The molecule has 4 heteroatoms. The van der Waals surface area contributed by atoms with Crippen LogP contribution in [-0.4, -0.2) is 10.7 Å². The van der Waals surface area contributed by atoms with E-state index < -0.39 is 0 Å². The Morgan fingerprint density at radius 2 is 1.90 bits per heavy atom. The molecule has 1 heterocycles. The number of hydrogen-bond donors (Lipinski definition) is 1. The lowest BCUT2D eigenvalue weighted by atomic mass is 10.1. The summed E-state index contributed by atoms with van der Waals surface area (Å²) in [4.78, 5) is 12.4. The van der Waals surface area contributed by atoms with E-state index in [-0.39, 0.29) is 17.7 Å². The molecule has 0 atom stereocenters. The number of aromatic nitrogens is 1. The van der Waals surface area contributed by atoms with Crippen molar-refractivity contribution >= 4 is 5.69 Å². The van der Waals surface area contributed by atoms with Crippen LogP contribution in [0.1, 0.15) is 32.7 Å². The Morgan fingerprint density at radius 3 is 2.57 bits per heavy atom. The molecule has 1 aromatic heterocycles. The molecule has 3 rings (SSSR count). The van der Waals surface area contributed by atoms with Crippen LogP contribution in [0.25, 0.3) is 11.3 Å². The van der Waals surface area contributed by atoms with Crippen LogP contribution in [0.2, 0.25) is 0 Å². The van der Waals surface area contributed by atoms with Gasteiger partial charge >= 0.3 is 0 Å². The van der Waals surface area contributed by atoms with Gasteiger partial charge in [0.2, 0.25) is 0 Å². The van der Waals surface area contributed by atoms with Crippen LogP contribution >= 0.6 is 0 Å². The standard InChI is InChI=1S/C17H20N2O2/c1-11(2)21-16-6-4-3-5-13(16)15-10-9-14(18)17(20)19(15)12-7-8-12/h3-6,9-12H,7-8,18H2,1-2H3. The molecule has 0 bridgehead atoms. The number of benzene rings is 1. The summed E-state index contributed by atoms with van der Waals surface area (Å²) in [7, 11) is 0. The van der Waals surface area contributed by atoms with Crippen molar-refractivity contribution in [2.24, 2.45) is 0 Å². The molecule has 2 aromatic rings. The highest BCUT2D eigenvalue weighted by atomic mass is 16.5. The summed E-state index contributed by atoms with van der Waals surface area (Å²) in [5.41, 5.74) is 7.81. The second-order valence-corrected chi connectivity index (χ2v) is 5.74. The number of anilines is 1. The van der Waals surface area contributed by atoms with E-state index in [1.54, 1.807) is 6.07 Å². The largest absolute Gasteiger partial charge is 0.490 e. The summed E-state index contributed by atoms with van der Waals surface area (Å²) in [5, 5.41) is 0. The monoisotopic (exact) mass is 284 g/mol. The van der Waals surface area contributed by atoms with Gasteiger partial charge in [0.1, 0.15) is 5.75 Å². The number of pyridine rings is 1. The Morgan fingerprint density at radius 1 is 1.19 bits per heavy atom. The maximum atomic E-state index is 12.4. The molecule has 1 fully saturated rings. The van der Waals surface area contributed by atoms with Crippen LogP contribution in [0.3, 0.4) is 0 Å². The number of rotatable bonds is 4. The lowest BCUT2D eigenvalue weighted by Crippen LogP contribution is -2.23. The Balaban J connectivity index is 2.17. The van der Waals surface area contributed by atoms with Crippen molar-refractivity contribution in [3.8, 4) is 17.0 Å². The lowest BCUT2D eigenvalue weighted by Gasteiger charge is -2.18. The highest BCUT2D eigenvalue weighted by molar-refractivity contribution is 5.69. The molecule has 1 saturated carbocycles. The molecular formula is C17H20N2O2. The minimum atomic E-state index is -0.102. The molecule has 21 heavy (non-hydrogen) atoms. The first-order chi connectivity index (χ1) is 10.1. The minimum absolute atomic E-state index is 0.0843. The molecule has 4 nitrogen and oxygen atoms in total. The predicted molar refractivity (Wildman–Crippen MR) is 84.6 cm³/mol. The number of nitrogen functional groups attached to an aromatic ring is 1. The summed E-state index contributed by atoms with van der Waals surface area (Å²) in [6.45, 7) is 3.99.